The molecule has 0 unspecified atom stereocenters. The van der Waals surface area contributed by atoms with E-state index in [2.05, 4.69) is 14.9 Å². The van der Waals surface area contributed by atoms with Gasteiger partial charge in [-0.2, -0.15) is 0 Å². The molecule has 0 bridgehead atoms. The van der Waals surface area contributed by atoms with Crippen molar-refractivity contribution in [2.24, 2.45) is 0 Å². The topological polar surface area (TPSA) is 54.5 Å². The van der Waals surface area contributed by atoms with Crippen LogP contribution >= 0.6 is 0 Å². The second kappa shape index (κ2) is 4.06. The number of hydrogen-bond acceptors (Lipinski definition) is 2. The van der Waals surface area contributed by atoms with Crippen LogP contribution in [0.15, 0.2) is 4.79 Å². The number of H-pyrrole nitrogens is 1. The van der Waals surface area contributed by atoms with Crippen molar-refractivity contribution in [3.05, 3.63) is 38.7 Å². The van der Waals surface area contributed by atoms with Gasteiger partial charge in [0.15, 0.2) is 5.65 Å². The molecule has 5 nitrogen and oxygen atoms in total. The molecular formula is C12H14N4O. The minimum absolute atomic E-state index is 0.0904. The van der Waals surface area contributed by atoms with Gasteiger partial charge in [0.1, 0.15) is 0 Å². The van der Waals surface area contributed by atoms with Crippen LogP contribution in [-0.4, -0.2) is 14.6 Å². The third-order valence-electron chi connectivity index (χ3n) is 2.84. The highest BCUT2D eigenvalue weighted by molar-refractivity contribution is 5.71. The molecule has 0 aliphatic rings. The molecule has 1 N–H and O–H groups in total. The van der Waals surface area contributed by atoms with E-state index in [1.165, 1.54) is 4.52 Å². The molecule has 2 rings (SSSR count). The first kappa shape index (κ1) is 11.4. The van der Waals surface area contributed by atoms with Crippen LogP contribution in [0.5, 0.6) is 0 Å². The average Bonchev–Trinajstić information content (AvgIpc) is 2.60. The summed E-state index contributed by atoms with van der Waals surface area (Å²) in [4.78, 5) is 20.0. The third-order valence-corrected chi connectivity index (χ3v) is 2.84. The number of aromatic nitrogens is 3. The van der Waals surface area contributed by atoms with Crippen molar-refractivity contribution < 1.29 is 0 Å². The van der Waals surface area contributed by atoms with Gasteiger partial charge in [0.25, 0.3) is 11.2 Å². The fourth-order valence-electron chi connectivity index (χ4n) is 1.98. The van der Waals surface area contributed by atoms with Gasteiger partial charge in [0.05, 0.1) is 6.57 Å². The molecule has 2 aromatic rings. The Morgan fingerprint density at radius 2 is 2.18 bits per heavy atom. The number of aryl methyl sites for hydroxylation is 2. The van der Waals surface area contributed by atoms with E-state index in [0.29, 0.717) is 23.4 Å². The molecule has 0 amide bonds. The van der Waals surface area contributed by atoms with E-state index in [1.807, 2.05) is 13.8 Å². The van der Waals surface area contributed by atoms with Crippen LogP contribution in [0, 0.1) is 20.4 Å². The molecular weight excluding hydrogens is 216 g/mol. The lowest BCUT2D eigenvalue weighted by atomic mass is 10.1. The zero-order valence-electron chi connectivity index (χ0n) is 10.2. The number of nitrogens with zero attached hydrogens (tertiary/aromatic N) is 3. The SMILES string of the molecule is [C-]#[N+]c1c(C)[nH]n2c(=O)c(CCC)c(C)nc12. The quantitative estimate of drug-likeness (QED) is 0.803. The lowest BCUT2D eigenvalue weighted by Gasteiger charge is -2.03. The first-order valence-electron chi connectivity index (χ1n) is 5.58. The van der Waals surface area contributed by atoms with E-state index in [1.54, 1.807) is 6.92 Å². The van der Waals surface area contributed by atoms with Crippen molar-refractivity contribution in [2.75, 3.05) is 0 Å². The molecule has 0 aliphatic heterocycles. The van der Waals surface area contributed by atoms with Gasteiger partial charge in [0.2, 0.25) is 0 Å². The molecule has 0 spiro atoms. The zero-order valence-corrected chi connectivity index (χ0v) is 10.2. The highest BCUT2D eigenvalue weighted by Crippen LogP contribution is 2.22. The van der Waals surface area contributed by atoms with Crippen LogP contribution in [0.25, 0.3) is 10.5 Å². The van der Waals surface area contributed by atoms with Crippen LogP contribution in [0.3, 0.4) is 0 Å². The van der Waals surface area contributed by atoms with Crippen molar-refractivity contribution in [3.8, 4) is 0 Å². The summed E-state index contributed by atoms with van der Waals surface area (Å²) in [6.45, 7) is 12.7. The van der Waals surface area contributed by atoms with Crippen LogP contribution in [-0.2, 0) is 6.42 Å². The molecule has 2 aromatic heterocycles. The fraction of sp³-hybridized carbons (Fsp3) is 0.417. The Morgan fingerprint density at radius 1 is 1.47 bits per heavy atom. The first-order valence-corrected chi connectivity index (χ1v) is 5.58. The molecule has 2 heterocycles. The Morgan fingerprint density at radius 3 is 2.76 bits per heavy atom. The predicted octanol–water partition coefficient (Wildman–Crippen LogP) is 2.14. The summed E-state index contributed by atoms with van der Waals surface area (Å²) in [5, 5.41) is 2.90. The highest BCUT2D eigenvalue weighted by atomic mass is 16.1. The Hall–Kier alpha value is -2.09. The molecule has 0 atom stereocenters. The van der Waals surface area contributed by atoms with Gasteiger partial charge in [-0.05, 0) is 20.3 Å². The van der Waals surface area contributed by atoms with E-state index in [0.717, 1.165) is 17.7 Å². The van der Waals surface area contributed by atoms with E-state index in [4.69, 9.17) is 6.57 Å². The lowest BCUT2D eigenvalue weighted by Crippen LogP contribution is -2.21. The van der Waals surface area contributed by atoms with Crippen molar-refractivity contribution >= 4 is 11.3 Å². The largest absolute Gasteiger partial charge is 0.306 e. The number of nitrogens with one attached hydrogen (secondary N) is 1. The van der Waals surface area contributed by atoms with Crippen LogP contribution in [0.1, 0.15) is 30.3 Å². The van der Waals surface area contributed by atoms with Gasteiger partial charge in [-0.3, -0.25) is 4.79 Å². The van der Waals surface area contributed by atoms with Crippen molar-refractivity contribution in [3.63, 3.8) is 0 Å². The van der Waals surface area contributed by atoms with Gasteiger partial charge < -0.3 is 5.10 Å². The second-order valence-electron chi connectivity index (χ2n) is 4.09. The monoisotopic (exact) mass is 230 g/mol. The van der Waals surface area contributed by atoms with Crippen molar-refractivity contribution in [1.82, 2.24) is 14.6 Å². The predicted molar refractivity (Wildman–Crippen MR) is 65.5 cm³/mol. The van der Waals surface area contributed by atoms with Crippen LogP contribution in [0.4, 0.5) is 5.69 Å². The van der Waals surface area contributed by atoms with Crippen LogP contribution in [0.2, 0.25) is 0 Å². The minimum atomic E-state index is -0.0904. The molecule has 0 aromatic carbocycles. The maximum atomic E-state index is 12.2. The fourth-order valence-corrected chi connectivity index (χ4v) is 1.98. The summed E-state index contributed by atoms with van der Waals surface area (Å²) in [6, 6.07) is 0. The van der Waals surface area contributed by atoms with Gasteiger partial charge in [-0.15, -0.1) is 0 Å². The highest BCUT2D eigenvalue weighted by Gasteiger charge is 2.15. The number of aromatic amines is 1. The number of fused-ring (bicyclic) bond motifs is 1. The smallest absolute Gasteiger partial charge is 0.274 e. The van der Waals surface area contributed by atoms with E-state index in [-0.39, 0.29) is 5.56 Å². The molecule has 0 saturated heterocycles. The Bertz CT molecular complexity index is 672. The van der Waals surface area contributed by atoms with E-state index in [9.17, 15) is 4.79 Å². The number of hydrogen-bond donors (Lipinski definition) is 1. The average molecular weight is 230 g/mol. The van der Waals surface area contributed by atoms with Gasteiger partial charge >= 0.3 is 0 Å². The standard InChI is InChI=1S/C12H14N4O/c1-5-6-9-7(2)14-11-10(13-4)8(3)15-16(11)12(9)17/h15H,5-6H2,1-3H3. The number of rotatable bonds is 2. The molecule has 0 saturated carbocycles. The third kappa shape index (κ3) is 1.62. The molecule has 5 heteroatoms. The second-order valence-corrected chi connectivity index (χ2v) is 4.09. The molecule has 0 aliphatic carbocycles. The summed E-state index contributed by atoms with van der Waals surface area (Å²) in [5.74, 6) is 0. The minimum Gasteiger partial charge on any atom is -0.306 e. The zero-order chi connectivity index (χ0) is 12.6. The lowest BCUT2D eigenvalue weighted by molar-refractivity contribution is 0.811. The van der Waals surface area contributed by atoms with Gasteiger partial charge in [-0.1, -0.05) is 13.3 Å². The molecule has 88 valence electrons. The Labute approximate surface area is 98.9 Å². The van der Waals surface area contributed by atoms with Gasteiger partial charge in [0, 0.05) is 17.0 Å². The maximum absolute atomic E-state index is 12.2. The van der Waals surface area contributed by atoms with Crippen LogP contribution < -0.4 is 5.56 Å². The van der Waals surface area contributed by atoms with Gasteiger partial charge in [-0.25, -0.2) is 14.3 Å². The summed E-state index contributed by atoms with van der Waals surface area (Å²) in [6.07, 6.45) is 1.62. The molecule has 17 heavy (non-hydrogen) atoms. The van der Waals surface area contributed by atoms with Crippen molar-refractivity contribution in [2.45, 2.75) is 33.6 Å². The normalized spacial score (nSPS) is 10.7. The summed E-state index contributed by atoms with van der Waals surface area (Å²) < 4.78 is 1.38. The summed E-state index contributed by atoms with van der Waals surface area (Å²) in [7, 11) is 0. The van der Waals surface area contributed by atoms with E-state index >= 15 is 0 Å². The Kier molecular flexibility index (Phi) is 2.72. The summed E-state index contributed by atoms with van der Waals surface area (Å²) in [5.41, 5.74) is 2.89. The molecule has 0 radical (unpaired) electrons. The Balaban J connectivity index is 2.87. The first-order chi connectivity index (χ1) is 8.10. The maximum Gasteiger partial charge on any atom is 0.274 e. The summed E-state index contributed by atoms with van der Waals surface area (Å²) >= 11 is 0. The van der Waals surface area contributed by atoms with E-state index < -0.39 is 0 Å². The van der Waals surface area contributed by atoms with Crippen molar-refractivity contribution in [1.29, 1.82) is 0 Å². The molecule has 0 fully saturated rings.